The van der Waals surface area contributed by atoms with Crippen LogP contribution in [-0.2, 0) is 17.9 Å². The minimum Gasteiger partial charge on any atom is -0.544 e. The highest BCUT2D eigenvalue weighted by atomic mass is 32.2. The molecule has 1 rings (SSSR count). The van der Waals surface area contributed by atoms with Gasteiger partial charge in [-0.2, -0.15) is 11.8 Å². The largest absolute Gasteiger partial charge is 0.544 e. The number of carboxylic acids is 1. The van der Waals surface area contributed by atoms with Crippen molar-refractivity contribution in [1.82, 2.24) is 0 Å². The number of carbonyl (C=O) groups excluding carboxylic acids is 1. The Balaban J connectivity index is 2.79. The van der Waals surface area contributed by atoms with Crippen molar-refractivity contribution >= 4 is 17.7 Å². The fraction of sp³-hybridized carbons (Fsp3) is 0.500. The third kappa shape index (κ3) is 4.55. The summed E-state index contributed by atoms with van der Waals surface area (Å²) in [5.74, 6) is -1.16. The number of hydrogen-bond donors (Lipinski definition) is 3. The van der Waals surface area contributed by atoms with Crippen molar-refractivity contribution in [3.05, 3.63) is 27.8 Å². The Labute approximate surface area is 119 Å². The van der Waals surface area contributed by atoms with Gasteiger partial charge in [-0.15, -0.1) is 0 Å². The second-order valence-corrected chi connectivity index (χ2v) is 5.14. The number of aliphatic hydroxyl groups is 1. The monoisotopic (exact) mass is 303 g/mol. The molecule has 0 aliphatic rings. The molecule has 0 aromatic carbocycles. The van der Waals surface area contributed by atoms with E-state index in [2.05, 4.69) is 0 Å². The molecular weight excluding hydrogens is 286 g/mol. The molecule has 20 heavy (non-hydrogen) atoms. The number of thioether (sulfide) groups is 1. The van der Waals surface area contributed by atoms with Crippen LogP contribution in [0.15, 0.2) is 15.3 Å². The molecule has 0 spiro atoms. The first-order valence-electron chi connectivity index (χ1n) is 5.98. The third-order valence-electron chi connectivity index (χ3n) is 2.72. The lowest BCUT2D eigenvalue weighted by Gasteiger charge is -2.16. The zero-order valence-corrected chi connectivity index (χ0v) is 11.8. The highest BCUT2D eigenvalue weighted by molar-refractivity contribution is 7.98. The fourth-order valence-electron chi connectivity index (χ4n) is 1.63. The number of nitrogens with two attached hydrogens (primary N) is 1. The van der Waals surface area contributed by atoms with E-state index in [-0.39, 0.29) is 18.1 Å². The minimum absolute atomic E-state index is 0.0188. The second kappa shape index (κ2) is 7.93. The molecule has 1 atom stereocenters. The van der Waals surface area contributed by atoms with Crippen LogP contribution in [0.25, 0.3) is 0 Å². The summed E-state index contributed by atoms with van der Waals surface area (Å²) < 4.78 is 5.12. The lowest BCUT2D eigenvalue weighted by atomic mass is 10.2. The van der Waals surface area contributed by atoms with E-state index >= 15 is 0 Å². The standard InChI is InChI=1S/C12H17NO6S/c1-20-3-2-8(12(17)18)13-5-10-11(16)9(15)4-7(6-14)19-10/h4,8,13-14,16H,2-3,5-6H2,1H3,(H,17,18)/t8-/m0/s1. The summed E-state index contributed by atoms with van der Waals surface area (Å²) in [6.45, 7) is -0.499. The van der Waals surface area contributed by atoms with Gasteiger partial charge in [-0.25, -0.2) is 0 Å². The van der Waals surface area contributed by atoms with Gasteiger partial charge in [0.25, 0.3) is 0 Å². The Morgan fingerprint density at radius 3 is 2.85 bits per heavy atom. The van der Waals surface area contributed by atoms with E-state index in [1.54, 1.807) is 0 Å². The van der Waals surface area contributed by atoms with Gasteiger partial charge in [0.2, 0.25) is 16.9 Å². The van der Waals surface area contributed by atoms with Crippen molar-refractivity contribution in [2.75, 3.05) is 12.0 Å². The molecule has 1 aromatic rings. The number of quaternary nitrogens is 1. The van der Waals surface area contributed by atoms with Crippen LogP contribution in [0, 0.1) is 0 Å². The van der Waals surface area contributed by atoms with Gasteiger partial charge in [-0.05, 0) is 12.0 Å². The van der Waals surface area contributed by atoms with Gasteiger partial charge in [0, 0.05) is 12.5 Å². The highest BCUT2D eigenvalue weighted by Crippen LogP contribution is 2.12. The number of hydrogen-bond acceptors (Lipinski definition) is 7. The van der Waals surface area contributed by atoms with Crippen molar-refractivity contribution in [3.8, 4) is 5.75 Å². The average Bonchev–Trinajstić information content (AvgIpc) is 2.42. The van der Waals surface area contributed by atoms with E-state index < -0.39 is 29.8 Å². The molecule has 8 heteroatoms. The van der Waals surface area contributed by atoms with Crippen molar-refractivity contribution in [1.29, 1.82) is 0 Å². The van der Waals surface area contributed by atoms with Gasteiger partial charge < -0.3 is 29.8 Å². The number of carboxylic acid groups (broad SMARTS) is 1. The maximum atomic E-state index is 11.4. The van der Waals surface area contributed by atoms with Crippen LogP contribution >= 0.6 is 11.8 Å². The third-order valence-corrected chi connectivity index (χ3v) is 3.37. The van der Waals surface area contributed by atoms with E-state index in [0.717, 1.165) is 6.07 Å². The Morgan fingerprint density at radius 1 is 1.60 bits per heavy atom. The molecule has 4 N–H and O–H groups in total. The summed E-state index contributed by atoms with van der Waals surface area (Å²) in [5, 5.41) is 30.9. The fourth-order valence-corrected chi connectivity index (χ4v) is 2.12. The van der Waals surface area contributed by atoms with Gasteiger partial charge in [0.15, 0.2) is 0 Å². The van der Waals surface area contributed by atoms with E-state index in [0.29, 0.717) is 12.2 Å². The lowest BCUT2D eigenvalue weighted by Crippen LogP contribution is -2.91. The number of rotatable bonds is 8. The minimum atomic E-state index is -1.21. The number of carbonyl (C=O) groups is 1. The summed E-state index contributed by atoms with van der Waals surface area (Å²) >= 11 is 1.51. The molecule has 0 aliphatic carbocycles. The molecule has 0 aliphatic heterocycles. The van der Waals surface area contributed by atoms with Gasteiger partial charge >= 0.3 is 0 Å². The van der Waals surface area contributed by atoms with Crippen molar-refractivity contribution in [3.63, 3.8) is 0 Å². The van der Waals surface area contributed by atoms with Crippen molar-refractivity contribution in [2.24, 2.45) is 0 Å². The van der Waals surface area contributed by atoms with Gasteiger partial charge in [-0.3, -0.25) is 4.79 Å². The van der Waals surface area contributed by atoms with E-state index in [1.807, 2.05) is 6.26 Å². The smallest absolute Gasteiger partial charge is 0.227 e. The maximum absolute atomic E-state index is 11.4. The summed E-state index contributed by atoms with van der Waals surface area (Å²) in [6, 6.07) is 0.202. The predicted octanol–water partition coefficient (Wildman–Crippen LogP) is -2.23. The van der Waals surface area contributed by atoms with Crippen LogP contribution in [0.5, 0.6) is 5.75 Å². The number of aromatic hydroxyl groups is 1. The molecule has 1 heterocycles. The first-order valence-corrected chi connectivity index (χ1v) is 7.37. The zero-order chi connectivity index (χ0) is 15.1. The Bertz CT molecular complexity index is 515. The van der Waals surface area contributed by atoms with Crippen LogP contribution in [0.1, 0.15) is 17.9 Å². The average molecular weight is 303 g/mol. The first kappa shape index (κ1) is 16.5. The molecule has 0 saturated heterocycles. The predicted molar refractivity (Wildman–Crippen MR) is 70.0 cm³/mol. The molecule has 1 aromatic heterocycles. The van der Waals surface area contributed by atoms with Crippen molar-refractivity contribution < 1.29 is 29.8 Å². The Kier molecular flexibility index (Phi) is 6.56. The number of aliphatic carboxylic acids is 1. The molecule has 0 amide bonds. The van der Waals surface area contributed by atoms with E-state index in [9.17, 15) is 19.8 Å². The van der Waals surface area contributed by atoms with Crippen LogP contribution in [0.4, 0.5) is 0 Å². The van der Waals surface area contributed by atoms with Gasteiger partial charge in [0.05, 0.1) is 5.97 Å². The molecule has 7 nitrogen and oxygen atoms in total. The summed E-state index contributed by atoms with van der Waals surface area (Å²) in [4.78, 5) is 22.4. The van der Waals surface area contributed by atoms with Gasteiger partial charge in [-0.1, -0.05) is 0 Å². The van der Waals surface area contributed by atoms with E-state index in [1.165, 1.54) is 17.1 Å². The molecule has 112 valence electrons. The van der Waals surface area contributed by atoms with Gasteiger partial charge in [0.1, 0.15) is 25.0 Å². The molecular formula is C12H17NO6S. The Hall–Kier alpha value is -1.51. The molecule has 0 fully saturated rings. The van der Waals surface area contributed by atoms with Crippen molar-refractivity contribution in [2.45, 2.75) is 25.6 Å². The topological polar surface area (TPSA) is 127 Å². The quantitative estimate of drug-likeness (QED) is 0.496. The summed E-state index contributed by atoms with van der Waals surface area (Å²) in [5.41, 5.74) is -0.669. The second-order valence-electron chi connectivity index (χ2n) is 4.15. The molecule has 0 bridgehead atoms. The van der Waals surface area contributed by atoms with Crippen LogP contribution < -0.4 is 15.9 Å². The molecule has 0 unspecified atom stereocenters. The normalized spacial score (nSPS) is 12.3. The van der Waals surface area contributed by atoms with Crippen LogP contribution in [-0.4, -0.2) is 34.2 Å². The molecule has 0 saturated carbocycles. The van der Waals surface area contributed by atoms with E-state index in [4.69, 9.17) is 9.52 Å². The lowest BCUT2D eigenvalue weighted by molar-refractivity contribution is -0.700. The summed E-state index contributed by atoms with van der Waals surface area (Å²) in [6.07, 6.45) is 2.26. The Morgan fingerprint density at radius 2 is 2.30 bits per heavy atom. The van der Waals surface area contributed by atoms with Crippen LogP contribution in [0.2, 0.25) is 0 Å². The number of aliphatic hydroxyl groups excluding tert-OH is 1. The maximum Gasteiger partial charge on any atom is 0.227 e. The molecule has 0 radical (unpaired) electrons. The SMILES string of the molecule is CSCC[C@H]([NH2+]Cc1oc(CO)cc(=O)c1O)C(=O)[O-]. The first-order chi connectivity index (χ1) is 9.49. The highest BCUT2D eigenvalue weighted by Gasteiger charge is 2.17. The van der Waals surface area contributed by atoms with Crippen LogP contribution in [0.3, 0.4) is 0 Å². The summed E-state index contributed by atoms with van der Waals surface area (Å²) in [7, 11) is 0. The zero-order valence-electron chi connectivity index (χ0n) is 11.0.